The molecular weight excluding hydrogens is 218 g/mol. The van der Waals surface area contributed by atoms with E-state index < -0.39 is 0 Å². The Bertz CT molecular complexity index is 543. The molecule has 0 aliphatic rings. The summed E-state index contributed by atoms with van der Waals surface area (Å²) < 4.78 is 0. The molecular formula is C11H13N5O. The minimum atomic E-state index is -0.306. The van der Waals surface area contributed by atoms with Crippen LogP contribution in [0.3, 0.4) is 0 Å². The van der Waals surface area contributed by atoms with E-state index >= 15 is 0 Å². The van der Waals surface area contributed by atoms with Crippen molar-refractivity contribution >= 4 is 17.4 Å². The highest BCUT2D eigenvalue weighted by Gasteiger charge is 2.11. The van der Waals surface area contributed by atoms with Crippen LogP contribution in [0.2, 0.25) is 0 Å². The third-order valence-corrected chi connectivity index (χ3v) is 2.50. The van der Waals surface area contributed by atoms with Gasteiger partial charge in [0.25, 0.3) is 5.91 Å². The van der Waals surface area contributed by atoms with Crippen LogP contribution < -0.4 is 11.1 Å². The number of nitrogen functional groups attached to an aromatic ring is 1. The van der Waals surface area contributed by atoms with Crippen molar-refractivity contribution in [3.8, 4) is 0 Å². The fourth-order valence-electron chi connectivity index (χ4n) is 1.32. The topological polar surface area (TPSA) is 96.7 Å². The first kappa shape index (κ1) is 11.1. The van der Waals surface area contributed by atoms with E-state index in [0.29, 0.717) is 17.2 Å². The van der Waals surface area contributed by atoms with Gasteiger partial charge in [0.2, 0.25) is 0 Å². The third kappa shape index (κ3) is 2.25. The number of nitrogens with two attached hydrogens (primary N) is 1. The Labute approximate surface area is 98.3 Å². The first-order valence-electron chi connectivity index (χ1n) is 5.12. The molecule has 2 aromatic rings. The minimum absolute atomic E-state index is 0.305. The Morgan fingerprint density at radius 1 is 1.41 bits per heavy atom. The van der Waals surface area contributed by atoms with Gasteiger partial charge in [-0.1, -0.05) is 0 Å². The van der Waals surface area contributed by atoms with E-state index in [2.05, 4.69) is 20.5 Å². The largest absolute Gasteiger partial charge is 0.397 e. The summed E-state index contributed by atoms with van der Waals surface area (Å²) in [5.74, 6) is 0.214. The molecule has 1 amide bonds. The highest BCUT2D eigenvalue weighted by molar-refractivity contribution is 6.02. The summed E-state index contributed by atoms with van der Waals surface area (Å²) in [5, 5.41) is 9.47. The second kappa shape index (κ2) is 4.25. The van der Waals surface area contributed by atoms with Gasteiger partial charge in [0.05, 0.1) is 11.9 Å². The quantitative estimate of drug-likeness (QED) is 0.724. The molecule has 4 N–H and O–H groups in total. The Kier molecular flexibility index (Phi) is 2.78. The van der Waals surface area contributed by atoms with Crippen molar-refractivity contribution in [3.63, 3.8) is 0 Å². The molecule has 0 aliphatic carbocycles. The number of carbonyl (C=O) groups excluding carboxylic acids is 1. The zero-order valence-electron chi connectivity index (χ0n) is 9.61. The van der Waals surface area contributed by atoms with E-state index in [0.717, 1.165) is 11.3 Å². The van der Waals surface area contributed by atoms with Crippen LogP contribution in [0.1, 0.15) is 21.7 Å². The lowest BCUT2D eigenvalue weighted by molar-refractivity contribution is 0.102. The normalized spacial score (nSPS) is 10.2. The third-order valence-electron chi connectivity index (χ3n) is 2.50. The lowest BCUT2D eigenvalue weighted by Gasteiger charge is -2.02. The molecule has 17 heavy (non-hydrogen) atoms. The number of rotatable bonds is 2. The molecule has 6 nitrogen and oxygen atoms in total. The summed E-state index contributed by atoms with van der Waals surface area (Å²) in [5.41, 5.74) is 8.15. The fraction of sp³-hybridized carbons (Fsp3) is 0.182. The SMILES string of the molecule is Cc1[nH]nc(NC(=O)c2ccc(N)cn2)c1C. The van der Waals surface area contributed by atoms with E-state index in [9.17, 15) is 4.79 Å². The molecule has 0 spiro atoms. The maximum absolute atomic E-state index is 11.8. The van der Waals surface area contributed by atoms with Gasteiger partial charge in [-0.05, 0) is 26.0 Å². The number of anilines is 2. The number of aromatic nitrogens is 3. The van der Waals surface area contributed by atoms with Crippen molar-refractivity contribution in [1.82, 2.24) is 15.2 Å². The summed E-state index contributed by atoms with van der Waals surface area (Å²) in [4.78, 5) is 15.8. The van der Waals surface area contributed by atoms with Gasteiger partial charge in [0, 0.05) is 11.3 Å². The number of aryl methyl sites for hydroxylation is 1. The number of pyridine rings is 1. The fourth-order valence-corrected chi connectivity index (χ4v) is 1.32. The summed E-state index contributed by atoms with van der Waals surface area (Å²) in [6.45, 7) is 3.77. The minimum Gasteiger partial charge on any atom is -0.397 e. The Balaban J connectivity index is 2.17. The van der Waals surface area contributed by atoms with E-state index in [4.69, 9.17) is 5.73 Å². The van der Waals surface area contributed by atoms with Gasteiger partial charge in [0.15, 0.2) is 5.82 Å². The maximum atomic E-state index is 11.8. The smallest absolute Gasteiger partial charge is 0.275 e. The second-order valence-electron chi connectivity index (χ2n) is 3.75. The molecule has 0 saturated carbocycles. The molecule has 0 saturated heterocycles. The van der Waals surface area contributed by atoms with Gasteiger partial charge < -0.3 is 11.1 Å². The van der Waals surface area contributed by atoms with Gasteiger partial charge >= 0.3 is 0 Å². The highest BCUT2D eigenvalue weighted by atomic mass is 16.1. The monoisotopic (exact) mass is 231 g/mol. The van der Waals surface area contributed by atoms with Gasteiger partial charge in [-0.15, -0.1) is 0 Å². The number of nitrogens with zero attached hydrogens (tertiary/aromatic N) is 2. The van der Waals surface area contributed by atoms with E-state index in [1.807, 2.05) is 13.8 Å². The zero-order valence-corrected chi connectivity index (χ0v) is 9.61. The molecule has 0 aliphatic heterocycles. The van der Waals surface area contributed by atoms with Crippen LogP contribution in [0, 0.1) is 13.8 Å². The Morgan fingerprint density at radius 2 is 2.18 bits per heavy atom. The standard InChI is InChI=1S/C11H13N5O/c1-6-7(2)15-16-10(6)14-11(17)9-4-3-8(12)5-13-9/h3-5H,12H2,1-2H3,(H2,14,15,16,17). The Morgan fingerprint density at radius 3 is 2.71 bits per heavy atom. The molecule has 0 atom stereocenters. The van der Waals surface area contributed by atoms with Crippen LogP contribution in [0.5, 0.6) is 0 Å². The maximum Gasteiger partial charge on any atom is 0.275 e. The molecule has 2 aromatic heterocycles. The molecule has 0 unspecified atom stereocenters. The summed E-state index contributed by atoms with van der Waals surface area (Å²) >= 11 is 0. The molecule has 0 fully saturated rings. The molecule has 0 aromatic carbocycles. The predicted molar refractivity (Wildman–Crippen MR) is 64.7 cm³/mol. The average molecular weight is 231 g/mol. The summed E-state index contributed by atoms with van der Waals surface area (Å²) in [7, 11) is 0. The number of hydrogen-bond donors (Lipinski definition) is 3. The van der Waals surface area contributed by atoms with Gasteiger partial charge in [0.1, 0.15) is 5.69 Å². The molecule has 6 heteroatoms. The number of amides is 1. The van der Waals surface area contributed by atoms with Crippen molar-refractivity contribution in [3.05, 3.63) is 35.3 Å². The summed E-state index contributed by atoms with van der Waals surface area (Å²) in [6.07, 6.45) is 1.44. The zero-order chi connectivity index (χ0) is 12.4. The predicted octanol–water partition coefficient (Wildman–Crippen LogP) is 1.26. The van der Waals surface area contributed by atoms with Crippen molar-refractivity contribution < 1.29 is 4.79 Å². The average Bonchev–Trinajstić information content (AvgIpc) is 2.62. The lowest BCUT2D eigenvalue weighted by atomic mass is 10.2. The molecule has 2 rings (SSSR count). The van der Waals surface area contributed by atoms with Crippen molar-refractivity contribution in [2.24, 2.45) is 0 Å². The first-order chi connectivity index (χ1) is 8.08. The van der Waals surface area contributed by atoms with Crippen LogP contribution in [-0.4, -0.2) is 21.1 Å². The van der Waals surface area contributed by atoms with Crippen LogP contribution >= 0.6 is 0 Å². The second-order valence-corrected chi connectivity index (χ2v) is 3.75. The van der Waals surface area contributed by atoms with Crippen LogP contribution in [0.15, 0.2) is 18.3 Å². The molecule has 0 bridgehead atoms. The van der Waals surface area contributed by atoms with Crippen molar-refractivity contribution in [2.75, 3.05) is 11.1 Å². The van der Waals surface area contributed by atoms with Crippen LogP contribution in [0.4, 0.5) is 11.5 Å². The molecule has 88 valence electrons. The number of hydrogen-bond acceptors (Lipinski definition) is 4. The highest BCUT2D eigenvalue weighted by Crippen LogP contribution is 2.14. The van der Waals surface area contributed by atoms with Gasteiger partial charge in [-0.2, -0.15) is 5.10 Å². The lowest BCUT2D eigenvalue weighted by Crippen LogP contribution is -2.14. The Hall–Kier alpha value is -2.37. The van der Waals surface area contributed by atoms with E-state index in [1.165, 1.54) is 6.20 Å². The number of H-pyrrole nitrogens is 1. The number of aromatic amines is 1. The molecule has 0 radical (unpaired) electrons. The molecule has 2 heterocycles. The first-order valence-corrected chi connectivity index (χ1v) is 5.12. The van der Waals surface area contributed by atoms with E-state index in [-0.39, 0.29) is 5.91 Å². The van der Waals surface area contributed by atoms with Crippen LogP contribution in [0.25, 0.3) is 0 Å². The number of nitrogens with one attached hydrogen (secondary N) is 2. The van der Waals surface area contributed by atoms with E-state index in [1.54, 1.807) is 12.1 Å². The van der Waals surface area contributed by atoms with Gasteiger partial charge in [-0.25, -0.2) is 4.98 Å². The van der Waals surface area contributed by atoms with Crippen molar-refractivity contribution in [2.45, 2.75) is 13.8 Å². The summed E-state index contributed by atoms with van der Waals surface area (Å²) in [6, 6.07) is 3.20. The van der Waals surface area contributed by atoms with Gasteiger partial charge in [-0.3, -0.25) is 9.89 Å². The van der Waals surface area contributed by atoms with Crippen LogP contribution in [-0.2, 0) is 0 Å². The number of carbonyl (C=O) groups is 1. The van der Waals surface area contributed by atoms with Crippen molar-refractivity contribution in [1.29, 1.82) is 0 Å².